The van der Waals surface area contributed by atoms with E-state index in [0.29, 0.717) is 26.1 Å². The highest BCUT2D eigenvalue weighted by Gasteiger charge is 2.36. The Hall–Kier alpha value is -0.660. The maximum atomic E-state index is 12.4. The SMILES string of the molecule is CC(C)(C)C(O)CN1CCN(C(=O)C2CCS(=O)(=O)C2)CC1. The summed E-state index contributed by atoms with van der Waals surface area (Å²) in [6.07, 6.45) is 0.0686. The van der Waals surface area contributed by atoms with Crippen molar-refractivity contribution >= 4 is 15.7 Å². The minimum Gasteiger partial charge on any atom is -0.391 e. The molecule has 0 bridgehead atoms. The first kappa shape index (κ1) is 17.7. The molecule has 2 rings (SSSR count). The highest BCUT2D eigenvalue weighted by molar-refractivity contribution is 7.91. The van der Waals surface area contributed by atoms with Crippen LogP contribution in [0.5, 0.6) is 0 Å². The Morgan fingerprint density at radius 1 is 1.23 bits per heavy atom. The van der Waals surface area contributed by atoms with E-state index in [1.807, 2.05) is 20.8 Å². The molecule has 6 nitrogen and oxygen atoms in total. The number of carbonyl (C=O) groups is 1. The molecule has 0 aromatic heterocycles. The number of sulfone groups is 1. The molecule has 2 unspecified atom stereocenters. The van der Waals surface area contributed by atoms with Crippen molar-refractivity contribution in [1.29, 1.82) is 0 Å². The number of nitrogens with zero attached hydrogens (tertiary/aromatic N) is 2. The van der Waals surface area contributed by atoms with Gasteiger partial charge in [-0.15, -0.1) is 0 Å². The third kappa shape index (κ3) is 4.43. The second kappa shape index (κ2) is 6.45. The fourth-order valence-corrected chi connectivity index (χ4v) is 4.65. The lowest BCUT2D eigenvalue weighted by Crippen LogP contribution is -2.53. The molecule has 0 aliphatic carbocycles. The van der Waals surface area contributed by atoms with Gasteiger partial charge in [0, 0.05) is 32.7 Å². The lowest BCUT2D eigenvalue weighted by molar-refractivity contribution is -0.136. The molecule has 1 N–H and O–H groups in total. The van der Waals surface area contributed by atoms with Crippen molar-refractivity contribution in [2.45, 2.75) is 33.3 Å². The van der Waals surface area contributed by atoms with Gasteiger partial charge in [0.2, 0.25) is 5.91 Å². The molecule has 0 aromatic rings. The molecular weight excluding hydrogens is 304 g/mol. The average Bonchev–Trinajstić information content (AvgIpc) is 2.78. The van der Waals surface area contributed by atoms with Crippen LogP contribution in [0.2, 0.25) is 0 Å². The summed E-state index contributed by atoms with van der Waals surface area (Å²) in [7, 11) is -3.01. The summed E-state index contributed by atoms with van der Waals surface area (Å²) in [5.74, 6) is -0.218. The van der Waals surface area contributed by atoms with Crippen LogP contribution in [0.3, 0.4) is 0 Å². The Labute approximate surface area is 133 Å². The van der Waals surface area contributed by atoms with Gasteiger partial charge in [-0.05, 0) is 11.8 Å². The first-order valence-electron chi connectivity index (χ1n) is 7.98. The molecule has 2 heterocycles. The van der Waals surface area contributed by atoms with Crippen molar-refractivity contribution in [2.24, 2.45) is 11.3 Å². The zero-order chi connectivity index (χ0) is 16.5. The van der Waals surface area contributed by atoms with Crippen LogP contribution in [0.15, 0.2) is 0 Å². The number of hydrogen-bond acceptors (Lipinski definition) is 5. The van der Waals surface area contributed by atoms with Gasteiger partial charge in [-0.3, -0.25) is 9.69 Å². The molecule has 1 amide bonds. The van der Waals surface area contributed by atoms with Gasteiger partial charge in [0.15, 0.2) is 9.84 Å². The molecule has 0 saturated carbocycles. The van der Waals surface area contributed by atoms with Gasteiger partial charge in [-0.1, -0.05) is 20.8 Å². The summed E-state index contributed by atoms with van der Waals surface area (Å²) in [5, 5.41) is 10.2. The van der Waals surface area contributed by atoms with Crippen molar-refractivity contribution in [3.05, 3.63) is 0 Å². The Bertz CT molecular complexity index is 504. The van der Waals surface area contributed by atoms with E-state index in [4.69, 9.17) is 0 Å². The van der Waals surface area contributed by atoms with Gasteiger partial charge in [0.1, 0.15) is 0 Å². The molecule has 2 atom stereocenters. The quantitative estimate of drug-likeness (QED) is 0.785. The van der Waals surface area contributed by atoms with Gasteiger partial charge in [0.25, 0.3) is 0 Å². The van der Waals surface area contributed by atoms with Crippen LogP contribution in [-0.2, 0) is 14.6 Å². The van der Waals surface area contributed by atoms with Gasteiger partial charge in [0.05, 0.1) is 23.5 Å². The van der Waals surface area contributed by atoms with Crippen molar-refractivity contribution in [2.75, 3.05) is 44.2 Å². The van der Waals surface area contributed by atoms with Gasteiger partial charge >= 0.3 is 0 Å². The third-order valence-electron chi connectivity index (χ3n) is 4.70. The topological polar surface area (TPSA) is 77.9 Å². The average molecular weight is 332 g/mol. The number of rotatable bonds is 3. The predicted molar refractivity (Wildman–Crippen MR) is 85.2 cm³/mol. The number of hydrogen-bond donors (Lipinski definition) is 1. The van der Waals surface area contributed by atoms with Crippen LogP contribution in [0.1, 0.15) is 27.2 Å². The number of aliphatic hydroxyl groups is 1. The summed E-state index contributed by atoms with van der Waals surface area (Å²) in [6.45, 7) is 9.35. The lowest BCUT2D eigenvalue weighted by Gasteiger charge is -2.38. The van der Waals surface area contributed by atoms with E-state index in [9.17, 15) is 18.3 Å². The van der Waals surface area contributed by atoms with Gasteiger partial charge < -0.3 is 10.0 Å². The highest BCUT2D eigenvalue weighted by Crippen LogP contribution is 2.23. The second-order valence-electron chi connectivity index (χ2n) is 7.61. The fraction of sp³-hybridized carbons (Fsp3) is 0.933. The third-order valence-corrected chi connectivity index (χ3v) is 6.46. The Kier molecular flexibility index (Phi) is 5.19. The highest BCUT2D eigenvalue weighted by atomic mass is 32.2. The fourth-order valence-electron chi connectivity index (χ4n) is 2.92. The minimum absolute atomic E-state index is 0.00872. The predicted octanol–water partition coefficient (Wildman–Crippen LogP) is -0.0277. The largest absolute Gasteiger partial charge is 0.391 e. The smallest absolute Gasteiger partial charge is 0.226 e. The monoisotopic (exact) mass is 332 g/mol. The van der Waals surface area contributed by atoms with E-state index < -0.39 is 15.9 Å². The minimum atomic E-state index is -3.01. The van der Waals surface area contributed by atoms with Crippen LogP contribution in [0.4, 0.5) is 0 Å². The number of β-amino-alcohol motifs (C(OH)–C–C–N with tert-alkyl or cyclic N) is 1. The van der Waals surface area contributed by atoms with Gasteiger partial charge in [-0.25, -0.2) is 8.42 Å². The first-order valence-corrected chi connectivity index (χ1v) is 9.80. The van der Waals surface area contributed by atoms with E-state index >= 15 is 0 Å². The van der Waals surface area contributed by atoms with Crippen LogP contribution >= 0.6 is 0 Å². The Morgan fingerprint density at radius 3 is 2.27 bits per heavy atom. The van der Waals surface area contributed by atoms with E-state index in [-0.39, 0.29) is 28.7 Å². The van der Waals surface area contributed by atoms with E-state index in [1.54, 1.807) is 4.90 Å². The summed E-state index contributed by atoms with van der Waals surface area (Å²) < 4.78 is 23.0. The Morgan fingerprint density at radius 2 is 1.82 bits per heavy atom. The van der Waals surface area contributed by atoms with Crippen molar-refractivity contribution in [1.82, 2.24) is 9.80 Å². The number of piperazine rings is 1. The number of carbonyl (C=O) groups excluding carboxylic acids is 1. The summed E-state index contributed by atoms with van der Waals surface area (Å²) in [6, 6.07) is 0. The van der Waals surface area contributed by atoms with Gasteiger partial charge in [-0.2, -0.15) is 0 Å². The first-order chi connectivity index (χ1) is 10.1. The van der Waals surface area contributed by atoms with Crippen LogP contribution < -0.4 is 0 Å². The molecule has 2 aliphatic heterocycles. The standard InChI is InChI=1S/C15H28N2O4S/c1-15(2,3)13(18)10-16-5-7-17(8-6-16)14(19)12-4-9-22(20,21)11-12/h12-13,18H,4-11H2,1-3H3. The molecule has 7 heteroatoms. The maximum Gasteiger partial charge on any atom is 0.226 e. The maximum absolute atomic E-state index is 12.4. The zero-order valence-corrected chi connectivity index (χ0v) is 14.6. The normalized spacial score (nSPS) is 27.8. The summed E-state index contributed by atoms with van der Waals surface area (Å²) in [4.78, 5) is 16.3. The van der Waals surface area contributed by atoms with E-state index in [0.717, 1.165) is 13.1 Å². The van der Waals surface area contributed by atoms with Crippen LogP contribution in [0.25, 0.3) is 0 Å². The Balaban J connectivity index is 1.81. The molecule has 2 fully saturated rings. The molecule has 0 spiro atoms. The molecule has 128 valence electrons. The van der Waals surface area contributed by atoms with Crippen LogP contribution in [0, 0.1) is 11.3 Å². The number of amides is 1. The lowest BCUT2D eigenvalue weighted by atomic mass is 9.89. The molecule has 0 aromatic carbocycles. The van der Waals surface area contributed by atoms with Crippen molar-refractivity contribution in [3.63, 3.8) is 0 Å². The molecule has 2 aliphatic rings. The zero-order valence-electron chi connectivity index (χ0n) is 13.8. The second-order valence-corrected chi connectivity index (χ2v) is 9.84. The van der Waals surface area contributed by atoms with Crippen molar-refractivity contribution < 1.29 is 18.3 Å². The molecular formula is C15H28N2O4S. The van der Waals surface area contributed by atoms with Crippen LogP contribution in [-0.4, -0.2) is 79.6 Å². The summed E-state index contributed by atoms with van der Waals surface area (Å²) >= 11 is 0. The molecule has 0 radical (unpaired) electrons. The summed E-state index contributed by atoms with van der Waals surface area (Å²) in [5.41, 5.74) is -0.148. The van der Waals surface area contributed by atoms with Crippen molar-refractivity contribution in [3.8, 4) is 0 Å². The van der Waals surface area contributed by atoms with E-state index in [1.165, 1.54) is 0 Å². The molecule has 2 saturated heterocycles. The number of aliphatic hydroxyl groups excluding tert-OH is 1. The molecule has 22 heavy (non-hydrogen) atoms. The van der Waals surface area contributed by atoms with E-state index in [2.05, 4.69) is 4.90 Å².